The van der Waals surface area contributed by atoms with Gasteiger partial charge in [-0.15, -0.1) is 0 Å². The standard InChI is InChI=1S/C13H18Cl2N2/c1-10(17-7-2-5-16-6-8-17)11-3-4-12(14)13(15)9-11/h3-4,9-10,16H,2,5-8H2,1H3. The molecule has 2 rings (SSSR count). The van der Waals surface area contributed by atoms with Crippen LogP contribution in [0.5, 0.6) is 0 Å². The topological polar surface area (TPSA) is 15.3 Å². The van der Waals surface area contributed by atoms with Gasteiger partial charge in [0.25, 0.3) is 0 Å². The highest BCUT2D eigenvalue weighted by Gasteiger charge is 2.17. The zero-order chi connectivity index (χ0) is 12.3. The second-order valence-electron chi connectivity index (χ2n) is 4.49. The first-order chi connectivity index (χ1) is 8.18. The Kier molecular flexibility index (Phi) is 4.69. The van der Waals surface area contributed by atoms with E-state index < -0.39 is 0 Å². The molecule has 1 aromatic rings. The van der Waals surface area contributed by atoms with Crippen molar-refractivity contribution in [3.63, 3.8) is 0 Å². The van der Waals surface area contributed by atoms with E-state index in [1.54, 1.807) is 0 Å². The van der Waals surface area contributed by atoms with E-state index in [0.29, 0.717) is 16.1 Å². The van der Waals surface area contributed by atoms with Gasteiger partial charge in [0, 0.05) is 19.1 Å². The van der Waals surface area contributed by atoms with Crippen molar-refractivity contribution in [1.82, 2.24) is 10.2 Å². The van der Waals surface area contributed by atoms with Crippen LogP contribution < -0.4 is 5.32 Å². The van der Waals surface area contributed by atoms with Gasteiger partial charge in [0.2, 0.25) is 0 Å². The van der Waals surface area contributed by atoms with Crippen LogP contribution in [-0.4, -0.2) is 31.1 Å². The SMILES string of the molecule is CC(c1ccc(Cl)c(Cl)c1)N1CCCNCC1. The molecule has 1 unspecified atom stereocenters. The number of nitrogens with one attached hydrogen (secondary N) is 1. The molecule has 2 nitrogen and oxygen atoms in total. The molecule has 0 spiro atoms. The Morgan fingerprint density at radius 2 is 2.00 bits per heavy atom. The molecule has 1 saturated heterocycles. The Bertz CT molecular complexity index is 374. The second-order valence-corrected chi connectivity index (χ2v) is 5.30. The highest BCUT2D eigenvalue weighted by molar-refractivity contribution is 6.42. The third kappa shape index (κ3) is 3.35. The normalized spacial score (nSPS) is 19.9. The van der Waals surface area contributed by atoms with Crippen LogP contribution in [0.3, 0.4) is 0 Å². The summed E-state index contributed by atoms with van der Waals surface area (Å²) < 4.78 is 0. The largest absolute Gasteiger partial charge is 0.315 e. The van der Waals surface area contributed by atoms with E-state index in [1.807, 2.05) is 12.1 Å². The fourth-order valence-electron chi connectivity index (χ4n) is 2.24. The van der Waals surface area contributed by atoms with E-state index in [9.17, 15) is 0 Å². The van der Waals surface area contributed by atoms with Crippen molar-refractivity contribution in [2.24, 2.45) is 0 Å². The Labute approximate surface area is 113 Å². The minimum atomic E-state index is 0.393. The molecular formula is C13H18Cl2N2. The van der Waals surface area contributed by atoms with Gasteiger partial charge in [-0.25, -0.2) is 0 Å². The van der Waals surface area contributed by atoms with Crippen molar-refractivity contribution < 1.29 is 0 Å². The zero-order valence-electron chi connectivity index (χ0n) is 10.0. The lowest BCUT2D eigenvalue weighted by atomic mass is 10.1. The Morgan fingerprint density at radius 1 is 1.18 bits per heavy atom. The summed E-state index contributed by atoms with van der Waals surface area (Å²) in [6.07, 6.45) is 1.20. The summed E-state index contributed by atoms with van der Waals surface area (Å²) in [6.45, 7) is 6.62. The molecule has 0 aromatic heterocycles. The third-order valence-electron chi connectivity index (χ3n) is 3.35. The number of hydrogen-bond donors (Lipinski definition) is 1. The predicted octanol–water partition coefficient (Wildman–Crippen LogP) is 3.35. The summed E-state index contributed by atoms with van der Waals surface area (Å²) in [5.41, 5.74) is 1.24. The van der Waals surface area contributed by atoms with Crippen molar-refractivity contribution in [3.8, 4) is 0 Å². The lowest BCUT2D eigenvalue weighted by Gasteiger charge is -2.27. The van der Waals surface area contributed by atoms with Crippen LogP contribution in [0.15, 0.2) is 18.2 Å². The maximum atomic E-state index is 6.07. The van der Waals surface area contributed by atoms with Gasteiger partial charge in [-0.3, -0.25) is 4.90 Å². The van der Waals surface area contributed by atoms with Gasteiger partial charge in [-0.05, 0) is 44.1 Å². The summed E-state index contributed by atoms with van der Waals surface area (Å²) in [6, 6.07) is 6.32. The smallest absolute Gasteiger partial charge is 0.0595 e. The van der Waals surface area contributed by atoms with Crippen molar-refractivity contribution in [2.75, 3.05) is 26.2 Å². The van der Waals surface area contributed by atoms with Gasteiger partial charge < -0.3 is 5.32 Å². The molecule has 4 heteroatoms. The maximum absolute atomic E-state index is 6.07. The molecule has 1 atom stereocenters. The fraction of sp³-hybridized carbons (Fsp3) is 0.538. The third-order valence-corrected chi connectivity index (χ3v) is 4.09. The quantitative estimate of drug-likeness (QED) is 0.889. The first-order valence-electron chi connectivity index (χ1n) is 6.08. The molecule has 0 saturated carbocycles. The molecule has 1 aliphatic rings. The summed E-state index contributed by atoms with van der Waals surface area (Å²) in [5, 5.41) is 4.68. The van der Waals surface area contributed by atoms with Gasteiger partial charge in [0.15, 0.2) is 0 Å². The average Bonchev–Trinajstić information content (AvgIpc) is 2.60. The van der Waals surface area contributed by atoms with E-state index in [0.717, 1.165) is 26.2 Å². The molecule has 0 amide bonds. The second kappa shape index (κ2) is 6.05. The van der Waals surface area contributed by atoms with Crippen LogP contribution in [-0.2, 0) is 0 Å². The highest BCUT2D eigenvalue weighted by atomic mass is 35.5. The van der Waals surface area contributed by atoms with Crippen LogP contribution in [0.1, 0.15) is 24.9 Å². The number of rotatable bonds is 2. The minimum absolute atomic E-state index is 0.393. The maximum Gasteiger partial charge on any atom is 0.0595 e. The van der Waals surface area contributed by atoms with Gasteiger partial charge in [-0.2, -0.15) is 0 Å². The van der Waals surface area contributed by atoms with E-state index in [4.69, 9.17) is 23.2 Å². The van der Waals surface area contributed by atoms with E-state index in [2.05, 4.69) is 23.2 Å². The average molecular weight is 273 g/mol. The molecule has 0 radical (unpaired) electrons. The zero-order valence-corrected chi connectivity index (χ0v) is 11.6. The molecule has 0 bridgehead atoms. The first-order valence-corrected chi connectivity index (χ1v) is 6.84. The van der Waals surface area contributed by atoms with Crippen LogP contribution in [0.25, 0.3) is 0 Å². The van der Waals surface area contributed by atoms with Crippen LogP contribution in [0.2, 0.25) is 10.0 Å². The molecule has 1 N–H and O–H groups in total. The van der Waals surface area contributed by atoms with Crippen molar-refractivity contribution in [3.05, 3.63) is 33.8 Å². The molecular weight excluding hydrogens is 255 g/mol. The van der Waals surface area contributed by atoms with Crippen molar-refractivity contribution in [1.29, 1.82) is 0 Å². The van der Waals surface area contributed by atoms with Gasteiger partial charge in [-0.1, -0.05) is 29.3 Å². The Morgan fingerprint density at radius 3 is 2.76 bits per heavy atom. The van der Waals surface area contributed by atoms with Crippen LogP contribution >= 0.6 is 23.2 Å². The summed E-state index contributed by atoms with van der Waals surface area (Å²) in [4.78, 5) is 2.49. The monoisotopic (exact) mass is 272 g/mol. The summed E-state index contributed by atoms with van der Waals surface area (Å²) >= 11 is 12.0. The molecule has 1 heterocycles. The van der Waals surface area contributed by atoms with Gasteiger partial charge in [0.1, 0.15) is 0 Å². The number of nitrogens with zero attached hydrogens (tertiary/aromatic N) is 1. The molecule has 1 aliphatic heterocycles. The summed E-state index contributed by atoms with van der Waals surface area (Å²) in [5.74, 6) is 0. The van der Waals surface area contributed by atoms with E-state index in [1.165, 1.54) is 12.0 Å². The lowest BCUT2D eigenvalue weighted by Crippen LogP contribution is -2.30. The predicted molar refractivity (Wildman–Crippen MR) is 73.9 cm³/mol. The van der Waals surface area contributed by atoms with Gasteiger partial charge in [0.05, 0.1) is 10.0 Å². The minimum Gasteiger partial charge on any atom is -0.315 e. The molecule has 1 aromatic carbocycles. The van der Waals surface area contributed by atoms with Crippen molar-refractivity contribution in [2.45, 2.75) is 19.4 Å². The van der Waals surface area contributed by atoms with Crippen molar-refractivity contribution >= 4 is 23.2 Å². The fourth-order valence-corrected chi connectivity index (χ4v) is 2.54. The number of hydrogen-bond acceptors (Lipinski definition) is 2. The number of halogens is 2. The first kappa shape index (κ1) is 13.2. The van der Waals surface area contributed by atoms with Crippen LogP contribution in [0, 0.1) is 0 Å². The Balaban J connectivity index is 2.11. The highest BCUT2D eigenvalue weighted by Crippen LogP contribution is 2.28. The molecule has 1 fully saturated rings. The number of benzene rings is 1. The molecule has 94 valence electrons. The Hall–Kier alpha value is -0.280. The lowest BCUT2D eigenvalue weighted by molar-refractivity contribution is 0.225. The van der Waals surface area contributed by atoms with E-state index >= 15 is 0 Å². The summed E-state index contributed by atoms with van der Waals surface area (Å²) in [7, 11) is 0. The molecule has 17 heavy (non-hydrogen) atoms. The van der Waals surface area contributed by atoms with Gasteiger partial charge >= 0.3 is 0 Å². The van der Waals surface area contributed by atoms with Crippen LogP contribution in [0.4, 0.5) is 0 Å². The van der Waals surface area contributed by atoms with E-state index in [-0.39, 0.29) is 0 Å². The molecule has 0 aliphatic carbocycles.